The normalized spacial score (nSPS) is 12.4. The molecule has 0 aliphatic carbocycles. The van der Waals surface area contributed by atoms with E-state index in [2.05, 4.69) is 62.5 Å². The number of nitro groups is 1. The molecule has 0 amide bonds. The van der Waals surface area contributed by atoms with Crippen molar-refractivity contribution in [2.45, 2.75) is 59.4 Å². The Hall–Kier alpha value is -5.83. The summed E-state index contributed by atoms with van der Waals surface area (Å²) in [5.41, 5.74) is 20.4. The second-order valence-corrected chi connectivity index (χ2v) is 32.4. The number of nitriles is 2. The highest BCUT2D eigenvalue weighted by atomic mass is 35.5. The second kappa shape index (κ2) is 29.4. The van der Waals surface area contributed by atoms with Crippen molar-refractivity contribution in [2.75, 3.05) is 17.2 Å². The molecular weight excluding hydrogens is 1240 g/mol. The van der Waals surface area contributed by atoms with E-state index in [1.54, 1.807) is 105 Å². The molecule has 78 heavy (non-hydrogen) atoms. The standard InChI is InChI=1S/C18H13FN8.C12H15BN2O2.C12H8ClFN6O2.CH4.S11/c19-15-6-12(21)2-1-11(15)9-27-17-14(8-24-27)16(25-18(22)26-17)10-3-4-23-13(5-10)7-20;1-11(2)12(3,4)17-13(16-11)9-5-6-15-10(7-9)8-14;13-10-8-4-16-19(11(8)18-12(15)17-10)5-6-1-2-7(20(21)22)3-9(6)14;;1-3-5-7-9-11-10-8-6-4-2/h1-6,8H,9,21H2,(H2,22,25,26);5-7H,1-4H3;1-4H,5H2,(H2,15,17,18);1H4;. The van der Waals surface area contributed by atoms with Gasteiger partial charge in [0, 0.05) is 143 Å². The molecule has 0 spiro atoms. The number of non-ortho nitro benzene ring substituents is 1. The first-order valence-corrected chi connectivity index (χ1v) is 34.9. The van der Waals surface area contributed by atoms with E-state index in [4.69, 9.17) is 48.6 Å². The van der Waals surface area contributed by atoms with Crippen molar-refractivity contribution >= 4 is 172 Å². The number of nitrogen functional groups attached to an aromatic ring is 3. The van der Waals surface area contributed by atoms with Crippen molar-refractivity contribution in [1.29, 1.82) is 10.5 Å². The van der Waals surface area contributed by atoms with Crippen LogP contribution >= 0.6 is 11.6 Å². The Morgan fingerprint density at radius 3 is 1.76 bits per heavy atom. The molecule has 1 fully saturated rings. The third-order valence-electron chi connectivity index (χ3n) is 10.7. The number of benzene rings is 2. The summed E-state index contributed by atoms with van der Waals surface area (Å²) < 4.78 is 42.8. The zero-order valence-corrected chi connectivity index (χ0v) is 49.6. The van der Waals surface area contributed by atoms with E-state index in [9.17, 15) is 18.9 Å². The molecule has 35 heteroatoms. The molecule has 6 N–H and O–H groups in total. The molecule has 0 radical (unpaired) electrons. The smallest absolute Gasteiger partial charge is 0.399 e. The molecule has 1 aliphatic rings. The van der Waals surface area contributed by atoms with Gasteiger partial charge in [-0.15, -0.1) is 0 Å². The van der Waals surface area contributed by atoms with Crippen LogP contribution in [0.5, 0.6) is 0 Å². The lowest BCUT2D eigenvalue weighted by Gasteiger charge is -2.32. The fourth-order valence-electron chi connectivity index (χ4n) is 6.50. The minimum absolute atomic E-state index is 0. The van der Waals surface area contributed by atoms with Gasteiger partial charge in [0.05, 0.1) is 64.1 Å². The monoisotopic (exact) mass is 1280 g/mol. The molecule has 0 saturated carbocycles. The van der Waals surface area contributed by atoms with Gasteiger partial charge in [0.15, 0.2) is 11.3 Å². The minimum atomic E-state index is -0.703. The molecule has 8 aromatic rings. The Balaban J connectivity index is 0.000000200. The van der Waals surface area contributed by atoms with Gasteiger partial charge < -0.3 is 26.5 Å². The third kappa shape index (κ3) is 16.8. The first-order valence-electron chi connectivity index (χ1n) is 21.2. The minimum Gasteiger partial charge on any atom is -0.399 e. The van der Waals surface area contributed by atoms with Crippen molar-refractivity contribution in [2.24, 2.45) is 0 Å². The summed E-state index contributed by atoms with van der Waals surface area (Å²) >= 11 is 15.3. The Kier molecular flexibility index (Phi) is 23.8. The zero-order chi connectivity index (χ0) is 55.9. The number of halogens is 3. The van der Waals surface area contributed by atoms with Crippen LogP contribution in [0.3, 0.4) is 0 Å². The van der Waals surface area contributed by atoms with E-state index in [0.717, 1.165) is 11.5 Å². The molecule has 1 saturated heterocycles. The van der Waals surface area contributed by atoms with E-state index < -0.39 is 23.7 Å². The summed E-state index contributed by atoms with van der Waals surface area (Å²) in [5, 5.41) is 38.1. The number of pyridine rings is 2. The van der Waals surface area contributed by atoms with Crippen LogP contribution in [0.4, 0.5) is 32.1 Å². The first-order chi connectivity index (χ1) is 36.8. The Morgan fingerprint density at radius 2 is 1.22 bits per heavy atom. The molecule has 0 bridgehead atoms. The van der Waals surface area contributed by atoms with E-state index in [1.807, 2.05) is 45.9 Å². The van der Waals surface area contributed by atoms with Crippen LogP contribution in [0, 0.1) is 44.4 Å². The number of rotatable bonds is 7. The van der Waals surface area contributed by atoms with Crippen LogP contribution < -0.4 is 22.7 Å². The molecule has 7 heterocycles. The first kappa shape index (κ1) is 63.0. The molecule has 1 aliphatic heterocycles. The lowest BCUT2D eigenvalue weighted by Crippen LogP contribution is -2.41. The Labute approximate surface area is 485 Å². The largest absolute Gasteiger partial charge is 0.494 e. The van der Waals surface area contributed by atoms with Gasteiger partial charge in [-0.25, -0.2) is 38.1 Å². The van der Waals surface area contributed by atoms with Crippen LogP contribution in [0.25, 0.3) is 33.3 Å². The Morgan fingerprint density at radius 1 is 0.718 bits per heavy atom. The number of hydrogen-bond acceptors (Lipinski definition) is 19. The molecule has 6 aromatic heterocycles. The second-order valence-electron chi connectivity index (χ2n) is 16.1. The molecular formula is C43H40BClF2N16O4S11. The van der Waals surface area contributed by atoms with E-state index >= 15 is 0 Å². The van der Waals surface area contributed by atoms with Crippen molar-refractivity contribution in [3.8, 4) is 23.4 Å². The van der Waals surface area contributed by atoms with Gasteiger partial charge in [0.25, 0.3) is 5.69 Å². The summed E-state index contributed by atoms with van der Waals surface area (Å²) in [6.07, 6.45) is 6.15. The number of aromatic nitrogens is 10. The highest BCUT2D eigenvalue weighted by molar-refractivity contribution is 8.74. The lowest BCUT2D eigenvalue weighted by atomic mass is 9.79. The molecule has 9 rings (SSSR count). The van der Waals surface area contributed by atoms with Crippen molar-refractivity contribution in [1.82, 2.24) is 49.5 Å². The summed E-state index contributed by atoms with van der Waals surface area (Å²) in [4.78, 5) is 34.2. The fourth-order valence-corrected chi connectivity index (χ4v) is 25.9. The molecule has 0 unspecified atom stereocenters. The zero-order valence-electron chi connectivity index (χ0n) is 39.9. The average Bonchev–Trinajstić information content (AvgIpc) is 4.10. The van der Waals surface area contributed by atoms with Gasteiger partial charge >= 0.3 is 7.12 Å². The number of fused-ring (bicyclic) bond motifs is 2. The quantitative estimate of drug-likeness (QED) is 0.0531. The van der Waals surface area contributed by atoms with Gasteiger partial charge in [0.2, 0.25) is 11.9 Å². The maximum absolute atomic E-state index is 14.1. The Bertz CT molecular complexity index is 4020. The van der Waals surface area contributed by atoms with Crippen molar-refractivity contribution in [3.63, 3.8) is 0 Å². The molecule has 406 valence electrons. The van der Waals surface area contributed by atoms with E-state index in [0.29, 0.717) is 50.3 Å². The molecule has 20 nitrogen and oxygen atoms in total. The average molecular weight is 1280 g/mol. The van der Waals surface area contributed by atoms with Crippen LogP contribution in [0.15, 0.2) is 85.5 Å². The third-order valence-corrected chi connectivity index (χ3v) is 28.8. The van der Waals surface area contributed by atoms with Gasteiger partial charge in [0.1, 0.15) is 40.3 Å². The SMILES string of the molecule is C.CC1(C)OB(c2ccnc(C#N)c2)OC1(C)C.N#Cc1cc(-c2nc(N)nc3c2cnn3Cc2ccc(N)cc2F)ccn1.Nc1nc(Cl)c2cnn(Cc3ccc([N+](=O)[O-])cc3F)c2n1.S=S=S=S=S=S=S=S=S=S=S. The topological polar surface area (TPSA) is 300 Å². The van der Waals surface area contributed by atoms with Crippen molar-refractivity contribution < 1.29 is 23.0 Å². The van der Waals surface area contributed by atoms with Gasteiger partial charge in [-0.05, 0) is 75.6 Å². The van der Waals surface area contributed by atoms with Gasteiger partial charge in [-0.1, -0.05) is 25.1 Å². The lowest BCUT2D eigenvalue weighted by molar-refractivity contribution is -0.385. The van der Waals surface area contributed by atoms with E-state index in [1.165, 1.54) is 57.7 Å². The van der Waals surface area contributed by atoms with Gasteiger partial charge in [-0.3, -0.25) is 10.1 Å². The fraction of sp³-hybridized carbons (Fsp3) is 0.209. The predicted octanol–water partition coefficient (Wildman–Crippen LogP) is 6.13. The summed E-state index contributed by atoms with van der Waals surface area (Å²) in [6, 6.07) is 18.7. The summed E-state index contributed by atoms with van der Waals surface area (Å²) in [6.45, 7) is 8.18. The van der Waals surface area contributed by atoms with Crippen LogP contribution in [0.1, 0.15) is 57.6 Å². The number of nitrogens with zero attached hydrogens (tertiary/aromatic N) is 13. The van der Waals surface area contributed by atoms with Crippen LogP contribution in [0.2, 0.25) is 5.15 Å². The maximum Gasteiger partial charge on any atom is 0.494 e. The number of nitro benzene ring substituents is 1. The predicted molar refractivity (Wildman–Crippen MR) is 327 cm³/mol. The molecule has 2 aromatic carbocycles. The number of anilines is 3. The molecule has 0 atom stereocenters. The van der Waals surface area contributed by atoms with Crippen LogP contribution in [-0.2, 0) is 125 Å². The van der Waals surface area contributed by atoms with Gasteiger partial charge in [-0.2, -0.15) is 30.7 Å². The highest BCUT2D eigenvalue weighted by Gasteiger charge is 2.51. The van der Waals surface area contributed by atoms with E-state index in [-0.39, 0.29) is 65.7 Å². The summed E-state index contributed by atoms with van der Waals surface area (Å²) in [5.74, 6) is -1.10. The number of nitrogens with two attached hydrogens (primary N) is 3. The van der Waals surface area contributed by atoms with Crippen LogP contribution in [-0.4, -0.2) is 72.7 Å². The maximum atomic E-state index is 14.1. The highest BCUT2D eigenvalue weighted by Crippen LogP contribution is 2.36. The van der Waals surface area contributed by atoms with Crippen molar-refractivity contribution in [3.05, 3.63) is 135 Å². The summed E-state index contributed by atoms with van der Waals surface area (Å²) in [7, 11) is 14.0. The number of hydrogen-bond donors (Lipinski definition) is 3.